The van der Waals surface area contributed by atoms with Crippen molar-refractivity contribution in [3.05, 3.63) is 48.0 Å². The second kappa shape index (κ2) is 12.5. The van der Waals surface area contributed by atoms with Crippen LogP contribution < -0.4 is 0 Å². The van der Waals surface area contributed by atoms with E-state index in [2.05, 4.69) is 59.1 Å². The summed E-state index contributed by atoms with van der Waals surface area (Å²) < 4.78 is 0. The van der Waals surface area contributed by atoms with Gasteiger partial charge in [-0.15, -0.1) is 0 Å². The van der Waals surface area contributed by atoms with Crippen LogP contribution in [0.15, 0.2) is 42.5 Å². The zero-order valence-electron chi connectivity index (χ0n) is 18.1. The van der Waals surface area contributed by atoms with Gasteiger partial charge in [-0.05, 0) is 51.4 Å². The average molecular weight is 418 g/mol. The van der Waals surface area contributed by atoms with Gasteiger partial charge in [-0.3, -0.25) is 4.90 Å². The molecule has 166 valence electrons. The average Bonchev–Trinajstić information content (AvgIpc) is 3.53. The Morgan fingerprint density at radius 3 is 2.07 bits per heavy atom. The van der Waals surface area contributed by atoms with Crippen molar-refractivity contribution in [3.63, 3.8) is 0 Å². The van der Waals surface area contributed by atoms with Gasteiger partial charge in [-0.1, -0.05) is 30.3 Å². The normalized spacial score (nSPS) is 18.8. The molecule has 0 spiro atoms. The highest BCUT2D eigenvalue weighted by Gasteiger charge is 2.29. The van der Waals surface area contributed by atoms with E-state index in [0.717, 1.165) is 12.5 Å². The van der Waals surface area contributed by atoms with Crippen molar-refractivity contribution in [2.45, 2.75) is 25.3 Å². The molecule has 7 nitrogen and oxygen atoms in total. The number of hydrogen-bond donors (Lipinski definition) is 2. The molecule has 30 heavy (non-hydrogen) atoms. The number of carbonyl (C=O) groups is 2. The Hall–Kier alpha value is -2.22. The highest BCUT2D eigenvalue weighted by atomic mass is 16.4. The van der Waals surface area contributed by atoms with Crippen LogP contribution in [0.5, 0.6) is 0 Å². The van der Waals surface area contributed by atoms with Crippen LogP contribution in [0.25, 0.3) is 0 Å². The minimum absolute atomic E-state index is 0.558. The Morgan fingerprint density at radius 2 is 1.60 bits per heavy atom. The van der Waals surface area contributed by atoms with E-state index >= 15 is 0 Å². The Labute approximate surface area is 179 Å². The Kier molecular flexibility index (Phi) is 10.00. The number of hydrogen-bond acceptors (Lipinski definition) is 5. The molecule has 0 amide bonds. The monoisotopic (exact) mass is 417 g/mol. The number of carboxylic acids is 2. The van der Waals surface area contributed by atoms with Crippen molar-refractivity contribution < 1.29 is 19.8 Å². The molecule has 1 atom stereocenters. The van der Waals surface area contributed by atoms with E-state index in [-0.39, 0.29) is 0 Å². The fourth-order valence-corrected chi connectivity index (χ4v) is 3.68. The van der Waals surface area contributed by atoms with Gasteiger partial charge in [0.2, 0.25) is 0 Å². The van der Waals surface area contributed by atoms with Crippen LogP contribution in [-0.4, -0.2) is 90.2 Å². The summed E-state index contributed by atoms with van der Waals surface area (Å²) in [4.78, 5) is 26.8. The van der Waals surface area contributed by atoms with E-state index in [0.29, 0.717) is 18.2 Å². The van der Waals surface area contributed by atoms with Crippen molar-refractivity contribution in [1.29, 1.82) is 0 Å². The summed E-state index contributed by atoms with van der Waals surface area (Å²) in [5.41, 5.74) is 1.49. The third kappa shape index (κ3) is 9.52. The van der Waals surface area contributed by atoms with Crippen molar-refractivity contribution in [3.8, 4) is 0 Å². The molecule has 1 heterocycles. The molecule has 7 heteroatoms. The van der Waals surface area contributed by atoms with Crippen molar-refractivity contribution in [2.75, 3.05) is 53.4 Å². The second-order valence-corrected chi connectivity index (χ2v) is 8.31. The Morgan fingerprint density at radius 1 is 1.03 bits per heavy atom. The first kappa shape index (κ1) is 24.1. The van der Waals surface area contributed by atoms with E-state index in [1.54, 1.807) is 0 Å². The fourth-order valence-electron chi connectivity index (χ4n) is 3.68. The summed E-state index contributed by atoms with van der Waals surface area (Å²) in [6.07, 6.45) is 5.27. The molecule has 2 N–H and O–H groups in total. The molecule has 1 saturated carbocycles. The lowest BCUT2D eigenvalue weighted by Gasteiger charge is -2.40. The Bertz CT molecular complexity index is 665. The minimum atomic E-state index is -1.26. The summed E-state index contributed by atoms with van der Waals surface area (Å²) in [5.74, 6) is -1.50. The van der Waals surface area contributed by atoms with E-state index < -0.39 is 11.9 Å². The van der Waals surface area contributed by atoms with Gasteiger partial charge < -0.3 is 20.0 Å². The maximum Gasteiger partial charge on any atom is 0.328 e. The lowest BCUT2D eigenvalue weighted by molar-refractivity contribution is -0.134. The maximum absolute atomic E-state index is 9.55. The molecule has 1 unspecified atom stereocenters. The molecule has 1 aromatic rings. The Balaban J connectivity index is 0.000000343. The summed E-state index contributed by atoms with van der Waals surface area (Å²) in [7, 11) is 4.35. The van der Waals surface area contributed by atoms with E-state index in [1.807, 2.05) is 0 Å². The molecule has 1 aromatic carbocycles. The van der Waals surface area contributed by atoms with Crippen molar-refractivity contribution in [1.82, 2.24) is 14.7 Å². The number of carboxylic acid groups (broad SMARTS) is 2. The number of nitrogens with zero attached hydrogens (tertiary/aromatic N) is 3. The topological polar surface area (TPSA) is 84.3 Å². The first-order valence-electron chi connectivity index (χ1n) is 10.6. The molecule has 1 aliphatic heterocycles. The van der Waals surface area contributed by atoms with E-state index in [4.69, 9.17) is 10.2 Å². The van der Waals surface area contributed by atoms with Crippen LogP contribution in [0.4, 0.5) is 0 Å². The predicted octanol–water partition coefficient (Wildman–Crippen LogP) is 2.42. The number of benzene rings is 1. The number of aliphatic carboxylic acids is 2. The third-order valence-corrected chi connectivity index (χ3v) is 5.46. The van der Waals surface area contributed by atoms with Gasteiger partial charge in [-0.25, -0.2) is 9.59 Å². The van der Waals surface area contributed by atoms with Crippen LogP contribution in [0, 0.1) is 5.92 Å². The molecular weight excluding hydrogens is 382 g/mol. The zero-order chi connectivity index (χ0) is 21.9. The van der Waals surface area contributed by atoms with Crippen molar-refractivity contribution >= 4 is 11.9 Å². The summed E-state index contributed by atoms with van der Waals surface area (Å²) in [5, 5.41) is 15.6. The van der Waals surface area contributed by atoms with Crippen LogP contribution in [0.1, 0.15) is 30.9 Å². The molecule has 1 saturated heterocycles. The molecular formula is C23H35N3O4. The van der Waals surface area contributed by atoms with Gasteiger partial charge in [-0.2, -0.15) is 0 Å². The van der Waals surface area contributed by atoms with Crippen LogP contribution in [-0.2, 0) is 9.59 Å². The molecule has 2 aliphatic rings. The fraction of sp³-hybridized carbons (Fsp3) is 0.565. The molecule has 3 rings (SSSR count). The lowest BCUT2D eigenvalue weighted by atomic mass is 10.0. The number of rotatable bonds is 9. The quantitative estimate of drug-likeness (QED) is 0.597. The predicted molar refractivity (Wildman–Crippen MR) is 118 cm³/mol. The smallest absolute Gasteiger partial charge is 0.328 e. The van der Waals surface area contributed by atoms with Gasteiger partial charge in [0.25, 0.3) is 0 Å². The molecule has 0 aromatic heterocycles. The van der Waals surface area contributed by atoms with Crippen LogP contribution in [0.2, 0.25) is 0 Å². The van der Waals surface area contributed by atoms with Gasteiger partial charge in [0.15, 0.2) is 0 Å². The first-order valence-corrected chi connectivity index (χ1v) is 10.6. The summed E-state index contributed by atoms with van der Waals surface area (Å²) >= 11 is 0. The molecule has 0 radical (unpaired) electrons. The van der Waals surface area contributed by atoms with Gasteiger partial charge in [0, 0.05) is 50.9 Å². The highest BCUT2D eigenvalue weighted by Crippen LogP contribution is 2.31. The van der Waals surface area contributed by atoms with Gasteiger partial charge in [0.05, 0.1) is 0 Å². The summed E-state index contributed by atoms with van der Waals surface area (Å²) in [6, 6.07) is 11.7. The standard InChI is InChI=1S/C19H31N3.C4H4O4/c1-20(2)11-10-19(18-6-4-3-5-7-18)22-14-12-21(13-15-22)16-17-8-9-17;5-3(6)1-2-4(7)8/h3-7,17,19H,8-16H2,1-2H3;1-2H,(H,5,6)(H,7,8)/b;2-1-. The van der Waals surface area contributed by atoms with Gasteiger partial charge in [0.1, 0.15) is 0 Å². The molecule has 2 fully saturated rings. The summed E-state index contributed by atoms with van der Waals surface area (Å²) in [6.45, 7) is 7.45. The third-order valence-electron chi connectivity index (χ3n) is 5.46. The number of piperazine rings is 1. The van der Waals surface area contributed by atoms with Crippen LogP contribution >= 0.6 is 0 Å². The SMILES string of the molecule is CN(C)CCC(c1ccccc1)N1CCN(CC2CC2)CC1.O=C(O)/C=C\C(=O)O. The van der Waals surface area contributed by atoms with Gasteiger partial charge >= 0.3 is 11.9 Å². The zero-order valence-corrected chi connectivity index (χ0v) is 18.1. The molecule has 1 aliphatic carbocycles. The largest absolute Gasteiger partial charge is 0.478 e. The highest BCUT2D eigenvalue weighted by molar-refractivity contribution is 5.89. The van der Waals surface area contributed by atoms with E-state index in [1.165, 1.54) is 57.5 Å². The van der Waals surface area contributed by atoms with Crippen LogP contribution in [0.3, 0.4) is 0 Å². The molecule has 0 bridgehead atoms. The van der Waals surface area contributed by atoms with E-state index in [9.17, 15) is 9.59 Å². The first-order chi connectivity index (χ1) is 14.3. The maximum atomic E-state index is 9.55. The lowest BCUT2D eigenvalue weighted by Crippen LogP contribution is -2.48. The minimum Gasteiger partial charge on any atom is -0.478 e. The van der Waals surface area contributed by atoms with Crippen molar-refractivity contribution in [2.24, 2.45) is 5.92 Å². The second-order valence-electron chi connectivity index (χ2n) is 8.31.